The van der Waals surface area contributed by atoms with Crippen LogP contribution in [0.1, 0.15) is 81.6 Å². The Morgan fingerprint density at radius 3 is 2.00 bits per heavy atom. The van der Waals surface area contributed by atoms with Crippen molar-refractivity contribution < 1.29 is 27.5 Å². The summed E-state index contributed by atoms with van der Waals surface area (Å²) < 4.78 is 42.4. The van der Waals surface area contributed by atoms with Crippen molar-refractivity contribution in [2.24, 2.45) is 0 Å². The molecule has 1 unspecified atom stereocenters. The standard InChI is InChI=1S/C42H43Cl2N5O6S/c1-26-20-39-36(25-47(26)41(50)32-12-19-37(43)38(44)21-32)40-42(51)48(22-27(2)49(40)45-39)28(3)31-10-17-35(18-11-31)56(52,53)46(23-29-6-13-33(54-4)14-7-29)24-30-8-15-34(55-5)16-9-30/h6-19,21,26-28H,20,22-25H2,1-5H3/t26-,27-,28?/m1/s1. The topological polar surface area (TPSA) is 114 Å². The molecule has 292 valence electrons. The van der Waals surface area contributed by atoms with Crippen molar-refractivity contribution in [3.8, 4) is 11.5 Å². The fourth-order valence-corrected chi connectivity index (χ4v) is 9.15. The number of carbonyl (C=O) groups is 2. The van der Waals surface area contributed by atoms with Crippen molar-refractivity contribution in [1.82, 2.24) is 23.9 Å². The summed E-state index contributed by atoms with van der Waals surface area (Å²) in [7, 11) is -0.796. The first-order chi connectivity index (χ1) is 26.8. The quantitative estimate of drug-likeness (QED) is 0.133. The molecule has 3 heterocycles. The molecule has 0 bridgehead atoms. The van der Waals surface area contributed by atoms with Crippen LogP contribution in [0.5, 0.6) is 11.5 Å². The summed E-state index contributed by atoms with van der Waals surface area (Å²) in [4.78, 5) is 31.8. The molecule has 0 N–H and O–H groups in total. The molecule has 14 heteroatoms. The van der Waals surface area contributed by atoms with Crippen LogP contribution in [0.15, 0.2) is 95.9 Å². The molecule has 7 rings (SSSR count). The lowest BCUT2D eigenvalue weighted by molar-refractivity contribution is 0.0574. The minimum absolute atomic E-state index is 0.130. The molecule has 0 radical (unpaired) electrons. The van der Waals surface area contributed by atoms with Crippen molar-refractivity contribution in [1.29, 1.82) is 0 Å². The molecule has 1 aromatic heterocycles. The van der Waals surface area contributed by atoms with Crippen LogP contribution < -0.4 is 9.47 Å². The maximum Gasteiger partial charge on any atom is 0.273 e. The van der Waals surface area contributed by atoms with Gasteiger partial charge in [-0.1, -0.05) is 59.6 Å². The van der Waals surface area contributed by atoms with Crippen molar-refractivity contribution in [2.75, 3.05) is 20.8 Å². The largest absolute Gasteiger partial charge is 0.497 e. The van der Waals surface area contributed by atoms with Crippen LogP contribution in [-0.4, -0.2) is 70.9 Å². The Morgan fingerprint density at radius 2 is 1.45 bits per heavy atom. The minimum atomic E-state index is -3.97. The summed E-state index contributed by atoms with van der Waals surface area (Å²) in [6, 6.07) is 25.6. The molecular weight excluding hydrogens is 773 g/mol. The molecule has 2 aliphatic heterocycles. The Balaban J connectivity index is 1.13. The summed E-state index contributed by atoms with van der Waals surface area (Å²) >= 11 is 12.3. The Morgan fingerprint density at radius 1 is 0.857 bits per heavy atom. The van der Waals surface area contributed by atoms with E-state index in [0.29, 0.717) is 45.8 Å². The van der Waals surface area contributed by atoms with Crippen LogP contribution in [0.3, 0.4) is 0 Å². The van der Waals surface area contributed by atoms with Gasteiger partial charge in [-0.25, -0.2) is 8.42 Å². The molecule has 3 atom stereocenters. The van der Waals surface area contributed by atoms with Crippen molar-refractivity contribution >= 4 is 45.0 Å². The second-order valence-corrected chi connectivity index (χ2v) is 17.1. The number of methoxy groups -OCH3 is 2. The van der Waals surface area contributed by atoms with Gasteiger partial charge in [-0.15, -0.1) is 0 Å². The van der Waals surface area contributed by atoms with Crippen LogP contribution in [0, 0.1) is 0 Å². The fourth-order valence-electron chi connectivity index (χ4n) is 7.43. The molecule has 0 saturated carbocycles. The van der Waals surface area contributed by atoms with Gasteiger partial charge in [0.15, 0.2) is 0 Å². The number of halogens is 2. The van der Waals surface area contributed by atoms with Crippen LogP contribution in [0.25, 0.3) is 0 Å². The third-order valence-electron chi connectivity index (χ3n) is 10.7. The van der Waals surface area contributed by atoms with Gasteiger partial charge in [0.2, 0.25) is 10.0 Å². The highest BCUT2D eigenvalue weighted by Crippen LogP contribution is 2.36. The van der Waals surface area contributed by atoms with Crippen LogP contribution in [-0.2, 0) is 36.1 Å². The van der Waals surface area contributed by atoms with E-state index in [0.717, 1.165) is 27.9 Å². The maximum absolute atomic E-state index is 14.4. The first-order valence-electron chi connectivity index (χ1n) is 18.3. The lowest BCUT2D eigenvalue weighted by atomic mass is 9.96. The van der Waals surface area contributed by atoms with Crippen LogP contribution in [0.2, 0.25) is 10.0 Å². The predicted octanol–water partition coefficient (Wildman–Crippen LogP) is 7.96. The third-order valence-corrected chi connectivity index (χ3v) is 13.3. The number of fused-ring (bicyclic) bond motifs is 3. The summed E-state index contributed by atoms with van der Waals surface area (Å²) in [5.74, 6) is 0.966. The fraction of sp³-hybridized carbons (Fsp3) is 0.310. The second kappa shape index (κ2) is 15.9. The lowest BCUT2D eigenvalue weighted by Crippen LogP contribution is -2.45. The van der Waals surface area contributed by atoms with Gasteiger partial charge in [0.25, 0.3) is 11.8 Å². The molecular formula is C42H43Cl2N5O6S. The van der Waals surface area contributed by atoms with Gasteiger partial charge in [0, 0.05) is 43.2 Å². The van der Waals surface area contributed by atoms with Gasteiger partial charge < -0.3 is 19.3 Å². The van der Waals surface area contributed by atoms with E-state index < -0.39 is 10.0 Å². The number of hydrogen-bond donors (Lipinski definition) is 0. The van der Waals surface area contributed by atoms with E-state index in [1.54, 1.807) is 71.2 Å². The van der Waals surface area contributed by atoms with E-state index in [2.05, 4.69) is 0 Å². The molecule has 4 aromatic carbocycles. The Bertz CT molecular complexity index is 2320. The molecule has 56 heavy (non-hydrogen) atoms. The van der Waals surface area contributed by atoms with Crippen molar-refractivity contribution in [2.45, 2.75) is 69.8 Å². The highest BCUT2D eigenvalue weighted by Gasteiger charge is 2.41. The molecule has 0 aliphatic carbocycles. The van der Waals surface area contributed by atoms with E-state index in [4.69, 9.17) is 37.8 Å². The number of ether oxygens (including phenoxy) is 2. The zero-order valence-corrected chi connectivity index (χ0v) is 34.1. The molecule has 0 saturated heterocycles. The van der Waals surface area contributed by atoms with E-state index in [1.807, 2.05) is 69.3 Å². The summed E-state index contributed by atoms with van der Waals surface area (Å²) in [5.41, 5.74) is 4.84. The van der Waals surface area contributed by atoms with Crippen LogP contribution in [0.4, 0.5) is 0 Å². The van der Waals surface area contributed by atoms with Gasteiger partial charge in [0.05, 0.1) is 53.5 Å². The Kier molecular flexibility index (Phi) is 11.2. The number of amides is 2. The number of hydrogen-bond acceptors (Lipinski definition) is 7. The van der Waals surface area contributed by atoms with E-state index in [9.17, 15) is 18.0 Å². The van der Waals surface area contributed by atoms with Gasteiger partial charge in [-0.05, 0) is 92.1 Å². The SMILES string of the molecule is COc1ccc(CN(Cc2ccc(OC)cc2)S(=O)(=O)c2ccc(C(C)N3C[C@@H](C)n4nc5c(c4C3=O)CN(C(=O)c3ccc(Cl)c(Cl)c3)[C@H](C)C5)cc2)cc1. The van der Waals surface area contributed by atoms with Crippen molar-refractivity contribution in [3.05, 3.63) is 140 Å². The zero-order chi connectivity index (χ0) is 39.9. The second-order valence-electron chi connectivity index (χ2n) is 14.4. The number of nitrogens with zero attached hydrogens (tertiary/aromatic N) is 5. The Hall–Kier alpha value is -4.88. The van der Waals surface area contributed by atoms with Gasteiger partial charge >= 0.3 is 0 Å². The number of benzene rings is 4. The summed E-state index contributed by atoms with van der Waals surface area (Å²) in [6.45, 7) is 6.85. The summed E-state index contributed by atoms with van der Waals surface area (Å²) in [5, 5.41) is 5.53. The highest BCUT2D eigenvalue weighted by molar-refractivity contribution is 7.89. The molecule has 2 aliphatic rings. The molecule has 2 amide bonds. The first-order valence-corrected chi connectivity index (χ1v) is 20.5. The van der Waals surface area contributed by atoms with E-state index in [1.165, 1.54) is 4.31 Å². The third kappa shape index (κ3) is 7.63. The van der Waals surface area contributed by atoms with Crippen molar-refractivity contribution in [3.63, 3.8) is 0 Å². The maximum atomic E-state index is 14.4. The van der Waals surface area contributed by atoms with Gasteiger partial charge in [0.1, 0.15) is 17.2 Å². The highest BCUT2D eigenvalue weighted by atomic mass is 35.5. The monoisotopic (exact) mass is 815 g/mol. The zero-order valence-electron chi connectivity index (χ0n) is 31.8. The predicted molar refractivity (Wildman–Crippen MR) is 215 cm³/mol. The molecule has 0 spiro atoms. The van der Waals surface area contributed by atoms with E-state index in [-0.39, 0.29) is 54.5 Å². The van der Waals surface area contributed by atoms with Crippen LogP contribution >= 0.6 is 23.2 Å². The molecule has 0 fully saturated rings. The van der Waals surface area contributed by atoms with E-state index >= 15 is 0 Å². The molecule has 5 aromatic rings. The van der Waals surface area contributed by atoms with Gasteiger partial charge in [-0.3, -0.25) is 14.3 Å². The first kappa shape index (κ1) is 39.4. The minimum Gasteiger partial charge on any atom is -0.497 e. The number of aromatic nitrogens is 2. The number of carbonyl (C=O) groups excluding carboxylic acids is 2. The normalized spacial score (nSPS) is 17.4. The average Bonchev–Trinajstić information content (AvgIpc) is 3.59. The average molecular weight is 817 g/mol. The number of rotatable bonds is 11. The smallest absolute Gasteiger partial charge is 0.273 e. The van der Waals surface area contributed by atoms with Gasteiger partial charge in [-0.2, -0.15) is 9.40 Å². The molecule has 11 nitrogen and oxygen atoms in total. The number of sulfonamides is 1. The lowest BCUT2D eigenvalue weighted by Gasteiger charge is -2.37. The Labute approximate surface area is 337 Å². The summed E-state index contributed by atoms with van der Waals surface area (Å²) in [6.07, 6.45) is 0.502.